The van der Waals surface area contributed by atoms with Gasteiger partial charge in [0.15, 0.2) is 5.82 Å². The van der Waals surface area contributed by atoms with Crippen LogP contribution in [0, 0.1) is 0 Å². The quantitative estimate of drug-likeness (QED) is 0.820. The predicted octanol–water partition coefficient (Wildman–Crippen LogP) is 1.02. The number of hydrogen-bond acceptors (Lipinski definition) is 7. The maximum absolute atomic E-state index is 12.4. The summed E-state index contributed by atoms with van der Waals surface area (Å²) in [6, 6.07) is 8.25. The summed E-state index contributed by atoms with van der Waals surface area (Å²) in [6.45, 7) is 1.83. The maximum Gasteiger partial charge on any atom is 0.240 e. The summed E-state index contributed by atoms with van der Waals surface area (Å²) in [5, 5.41) is 0. The van der Waals surface area contributed by atoms with Crippen molar-refractivity contribution in [1.29, 1.82) is 0 Å². The molecule has 0 saturated carbocycles. The molecule has 25 heavy (non-hydrogen) atoms. The number of sulfonamides is 1. The van der Waals surface area contributed by atoms with Gasteiger partial charge in [-0.25, -0.2) is 13.1 Å². The molecule has 0 bridgehead atoms. The van der Waals surface area contributed by atoms with Gasteiger partial charge in [-0.15, -0.1) is 0 Å². The number of nitrogens with one attached hydrogen (secondary N) is 1. The van der Waals surface area contributed by atoms with Crippen LogP contribution in [0.2, 0.25) is 0 Å². The highest BCUT2D eigenvalue weighted by atomic mass is 32.2. The van der Waals surface area contributed by atoms with Crippen molar-refractivity contribution in [3.05, 3.63) is 36.2 Å². The molecule has 0 spiro atoms. The standard InChI is InChI=1S/C16H22N6O2S/c1-21(2)15-18-14(19-16(20-15)22-10-6-7-11-22)12-17-25(23,24)13-8-4-3-5-9-13/h3-5,8-9,17H,6-7,10-12H2,1-2H3. The zero-order valence-electron chi connectivity index (χ0n) is 14.4. The Bertz CT molecular complexity index is 820. The fourth-order valence-electron chi connectivity index (χ4n) is 2.58. The average Bonchev–Trinajstić information content (AvgIpc) is 3.15. The third kappa shape index (κ3) is 4.23. The zero-order valence-corrected chi connectivity index (χ0v) is 15.2. The summed E-state index contributed by atoms with van der Waals surface area (Å²) < 4.78 is 27.3. The average molecular weight is 362 g/mol. The Kier molecular flexibility index (Phi) is 5.14. The zero-order chi connectivity index (χ0) is 17.9. The molecule has 2 heterocycles. The molecule has 0 aliphatic carbocycles. The minimum absolute atomic E-state index is 0.0153. The second-order valence-electron chi connectivity index (χ2n) is 6.08. The van der Waals surface area contributed by atoms with Gasteiger partial charge < -0.3 is 9.80 Å². The molecule has 1 aliphatic rings. The third-order valence-electron chi connectivity index (χ3n) is 3.92. The number of aromatic nitrogens is 3. The van der Waals surface area contributed by atoms with E-state index in [0.29, 0.717) is 17.7 Å². The van der Waals surface area contributed by atoms with E-state index in [1.165, 1.54) is 0 Å². The lowest BCUT2D eigenvalue weighted by molar-refractivity contribution is 0.579. The highest BCUT2D eigenvalue weighted by molar-refractivity contribution is 7.89. The van der Waals surface area contributed by atoms with Crippen molar-refractivity contribution >= 4 is 21.9 Å². The SMILES string of the molecule is CN(C)c1nc(CNS(=O)(=O)c2ccccc2)nc(N2CCCC2)n1. The first-order valence-electron chi connectivity index (χ1n) is 8.18. The van der Waals surface area contributed by atoms with Crippen LogP contribution >= 0.6 is 0 Å². The molecule has 9 heteroatoms. The van der Waals surface area contributed by atoms with Crippen LogP contribution in [-0.2, 0) is 16.6 Å². The fraction of sp³-hybridized carbons (Fsp3) is 0.438. The summed E-state index contributed by atoms with van der Waals surface area (Å²) in [4.78, 5) is 17.4. The largest absolute Gasteiger partial charge is 0.347 e. The first-order valence-corrected chi connectivity index (χ1v) is 9.66. The molecule has 1 aromatic heterocycles. The number of anilines is 2. The summed E-state index contributed by atoms with van der Waals surface area (Å²) >= 11 is 0. The monoisotopic (exact) mass is 362 g/mol. The summed E-state index contributed by atoms with van der Waals surface area (Å²) in [6.07, 6.45) is 2.22. The molecule has 8 nitrogen and oxygen atoms in total. The Morgan fingerprint density at radius 1 is 1.08 bits per heavy atom. The minimum Gasteiger partial charge on any atom is -0.347 e. The number of nitrogens with zero attached hydrogens (tertiary/aromatic N) is 5. The van der Waals surface area contributed by atoms with Gasteiger partial charge in [-0.3, -0.25) is 0 Å². The van der Waals surface area contributed by atoms with Crippen LogP contribution < -0.4 is 14.5 Å². The molecule has 134 valence electrons. The molecule has 0 atom stereocenters. The van der Waals surface area contributed by atoms with E-state index in [0.717, 1.165) is 25.9 Å². The van der Waals surface area contributed by atoms with Gasteiger partial charge in [-0.1, -0.05) is 18.2 Å². The lowest BCUT2D eigenvalue weighted by Gasteiger charge is -2.19. The Labute approximate surface area is 148 Å². The van der Waals surface area contributed by atoms with E-state index in [2.05, 4.69) is 24.6 Å². The molecule has 0 radical (unpaired) electrons. The molecule has 1 N–H and O–H groups in total. The van der Waals surface area contributed by atoms with E-state index in [-0.39, 0.29) is 11.4 Å². The van der Waals surface area contributed by atoms with Crippen molar-refractivity contribution in [2.24, 2.45) is 0 Å². The van der Waals surface area contributed by atoms with Crippen LogP contribution in [-0.4, -0.2) is 50.6 Å². The molecule has 1 saturated heterocycles. The van der Waals surface area contributed by atoms with Gasteiger partial charge in [0.2, 0.25) is 21.9 Å². The molecule has 0 amide bonds. The second-order valence-corrected chi connectivity index (χ2v) is 7.84. The van der Waals surface area contributed by atoms with Gasteiger partial charge in [0, 0.05) is 27.2 Å². The van der Waals surface area contributed by atoms with Crippen molar-refractivity contribution in [2.75, 3.05) is 37.0 Å². The van der Waals surface area contributed by atoms with E-state index >= 15 is 0 Å². The lowest BCUT2D eigenvalue weighted by Crippen LogP contribution is -2.27. The van der Waals surface area contributed by atoms with Gasteiger partial charge in [0.25, 0.3) is 0 Å². The number of rotatable bonds is 6. The molecule has 1 fully saturated rings. The maximum atomic E-state index is 12.4. The molecule has 2 aromatic rings. The van der Waals surface area contributed by atoms with Crippen LogP contribution in [0.15, 0.2) is 35.2 Å². The van der Waals surface area contributed by atoms with E-state index in [1.54, 1.807) is 35.2 Å². The van der Waals surface area contributed by atoms with Gasteiger partial charge in [-0.2, -0.15) is 15.0 Å². The second kappa shape index (κ2) is 7.32. The Hall–Kier alpha value is -2.26. The first-order chi connectivity index (χ1) is 12.0. The van der Waals surface area contributed by atoms with Crippen LogP contribution in [0.3, 0.4) is 0 Å². The Morgan fingerprint density at radius 3 is 2.40 bits per heavy atom. The molecular formula is C16H22N6O2S. The number of benzene rings is 1. The van der Waals surface area contributed by atoms with Crippen molar-refractivity contribution in [1.82, 2.24) is 19.7 Å². The topological polar surface area (TPSA) is 91.3 Å². The van der Waals surface area contributed by atoms with Crippen molar-refractivity contribution in [3.63, 3.8) is 0 Å². The summed E-state index contributed by atoms with van der Waals surface area (Å²) in [5.41, 5.74) is 0. The lowest BCUT2D eigenvalue weighted by atomic mass is 10.4. The normalized spacial score (nSPS) is 14.7. The van der Waals surface area contributed by atoms with Crippen molar-refractivity contribution in [2.45, 2.75) is 24.3 Å². The van der Waals surface area contributed by atoms with Crippen molar-refractivity contribution < 1.29 is 8.42 Å². The molecular weight excluding hydrogens is 340 g/mol. The van der Waals surface area contributed by atoms with Crippen LogP contribution in [0.1, 0.15) is 18.7 Å². The Balaban J connectivity index is 1.81. The van der Waals surface area contributed by atoms with E-state index < -0.39 is 10.0 Å². The third-order valence-corrected chi connectivity index (χ3v) is 5.34. The van der Waals surface area contributed by atoms with Crippen LogP contribution in [0.4, 0.5) is 11.9 Å². The van der Waals surface area contributed by atoms with E-state index in [1.807, 2.05) is 14.1 Å². The van der Waals surface area contributed by atoms with Gasteiger partial charge in [-0.05, 0) is 25.0 Å². The summed E-state index contributed by atoms with van der Waals surface area (Å²) in [5.74, 6) is 1.52. The smallest absolute Gasteiger partial charge is 0.240 e. The highest BCUT2D eigenvalue weighted by Gasteiger charge is 2.19. The molecule has 3 rings (SSSR count). The van der Waals surface area contributed by atoms with Gasteiger partial charge in [0.1, 0.15) is 0 Å². The van der Waals surface area contributed by atoms with E-state index in [9.17, 15) is 8.42 Å². The molecule has 0 unspecified atom stereocenters. The van der Waals surface area contributed by atoms with Crippen LogP contribution in [0.5, 0.6) is 0 Å². The van der Waals surface area contributed by atoms with Gasteiger partial charge >= 0.3 is 0 Å². The van der Waals surface area contributed by atoms with Crippen LogP contribution in [0.25, 0.3) is 0 Å². The molecule has 1 aliphatic heterocycles. The van der Waals surface area contributed by atoms with Crippen molar-refractivity contribution in [3.8, 4) is 0 Å². The first kappa shape index (κ1) is 17.6. The van der Waals surface area contributed by atoms with E-state index in [4.69, 9.17) is 0 Å². The Morgan fingerprint density at radius 2 is 1.76 bits per heavy atom. The number of hydrogen-bond donors (Lipinski definition) is 1. The predicted molar refractivity (Wildman–Crippen MR) is 96.1 cm³/mol. The summed E-state index contributed by atoms with van der Waals surface area (Å²) in [7, 11) is 0.0954. The minimum atomic E-state index is -3.60. The van der Waals surface area contributed by atoms with Gasteiger partial charge in [0.05, 0.1) is 11.4 Å². The fourth-order valence-corrected chi connectivity index (χ4v) is 3.58. The highest BCUT2D eigenvalue weighted by Crippen LogP contribution is 2.18. The molecule has 1 aromatic carbocycles.